The molecule has 1 aromatic carbocycles. The maximum absolute atomic E-state index is 12.4. The normalized spacial score (nSPS) is 11.3. The minimum Gasteiger partial charge on any atom is -0.298 e. The van der Waals surface area contributed by atoms with E-state index in [2.05, 4.69) is 15.9 Å². The predicted molar refractivity (Wildman–Crippen MR) is 54.5 cm³/mol. The van der Waals surface area contributed by atoms with Crippen molar-refractivity contribution in [2.24, 2.45) is 0 Å². The van der Waals surface area contributed by atoms with Crippen LogP contribution in [-0.2, 0) is 6.18 Å². The summed E-state index contributed by atoms with van der Waals surface area (Å²) >= 11 is 2.85. The van der Waals surface area contributed by atoms with Crippen molar-refractivity contribution in [2.75, 3.05) is 0 Å². The molecule has 0 atom stereocenters. The Morgan fingerprint density at radius 2 is 1.94 bits per heavy atom. The number of Topliss-reactive ketones (excluding diaryl/α,β-unsaturated/α-hetero) is 1. The van der Waals surface area contributed by atoms with Gasteiger partial charge in [-0.05, 0) is 19.1 Å². The number of rotatable bonds is 2. The van der Waals surface area contributed by atoms with Gasteiger partial charge in [-0.1, -0.05) is 15.9 Å². The third-order valence-electron chi connectivity index (χ3n) is 1.93. The first-order chi connectivity index (χ1) is 7.27. The van der Waals surface area contributed by atoms with Gasteiger partial charge in [-0.25, -0.2) is 0 Å². The number of hydrogen-bond acceptors (Lipinski definition) is 2. The Kier molecular flexibility index (Phi) is 3.52. The molecule has 6 heteroatoms. The van der Waals surface area contributed by atoms with Crippen molar-refractivity contribution in [3.63, 3.8) is 0 Å². The van der Waals surface area contributed by atoms with E-state index in [1.54, 1.807) is 0 Å². The maximum atomic E-state index is 12.4. The molecule has 0 N–H and O–H groups in total. The van der Waals surface area contributed by atoms with Gasteiger partial charge in [0.2, 0.25) is 0 Å². The zero-order valence-electron chi connectivity index (χ0n) is 8.06. The van der Waals surface area contributed by atoms with E-state index in [1.165, 1.54) is 6.92 Å². The fourth-order valence-electron chi connectivity index (χ4n) is 1.26. The zero-order chi connectivity index (χ0) is 12.5. The molecule has 0 aromatic heterocycles. The van der Waals surface area contributed by atoms with E-state index in [9.17, 15) is 22.8 Å². The molecule has 86 valence electrons. The van der Waals surface area contributed by atoms with Crippen molar-refractivity contribution in [3.05, 3.63) is 33.3 Å². The smallest absolute Gasteiger partial charge is 0.298 e. The highest BCUT2D eigenvalue weighted by molar-refractivity contribution is 9.10. The fraction of sp³-hybridized carbons (Fsp3) is 0.200. The van der Waals surface area contributed by atoms with Gasteiger partial charge < -0.3 is 0 Å². The third-order valence-corrected chi connectivity index (χ3v) is 2.55. The summed E-state index contributed by atoms with van der Waals surface area (Å²) in [6, 6.07) is 1.44. The van der Waals surface area contributed by atoms with Crippen LogP contribution >= 0.6 is 15.9 Å². The number of benzene rings is 1. The molecule has 1 rings (SSSR count). The van der Waals surface area contributed by atoms with Crippen LogP contribution in [-0.4, -0.2) is 12.1 Å². The van der Waals surface area contributed by atoms with Gasteiger partial charge in [0, 0.05) is 15.6 Å². The minimum absolute atomic E-state index is 0.0306. The van der Waals surface area contributed by atoms with Crippen LogP contribution in [0.4, 0.5) is 13.2 Å². The lowest BCUT2D eigenvalue weighted by Crippen LogP contribution is -2.09. The van der Waals surface area contributed by atoms with Gasteiger partial charge in [0.1, 0.15) is 0 Å². The van der Waals surface area contributed by atoms with Gasteiger partial charge in [-0.2, -0.15) is 13.2 Å². The van der Waals surface area contributed by atoms with Crippen LogP contribution in [0.1, 0.15) is 33.2 Å². The first-order valence-corrected chi connectivity index (χ1v) is 4.93. The van der Waals surface area contributed by atoms with E-state index in [0.29, 0.717) is 6.07 Å². The van der Waals surface area contributed by atoms with Crippen molar-refractivity contribution >= 4 is 28.0 Å². The molecule has 0 spiro atoms. The van der Waals surface area contributed by atoms with E-state index >= 15 is 0 Å². The maximum Gasteiger partial charge on any atom is 0.416 e. The molecule has 0 saturated heterocycles. The number of halogens is 4. The Morgan fingerprint density at radius 3 is 2.31 bits per heavy atom. The molecule has 0 heterocycles. The van der Waals surface area contributed by atoms with E-state index in [1.807, 2.05) is 0 Å². The van der Waals surface area contributed by atoms with E-state index < -0.39 is 17.5 Å². The molecular weight excluding hydrogens is 289 g/mol. The third kappa shape index (κ3) is 2.49. The summed E-state index contributed by atoms with van der Waals surface area (Å²) in [6.45, 7) is 1.18. The molecule has 0 fully saturated rings. The van der Waals surface area contributed by atoms with Crippen molar-refractivity contribution in [1.82, 2.24) is 0 Å². The van der Waals surface area contributed by atoms with Crippen LogP contribution in [0.25, 0.3) is 0 Å². The number of carbonyl (C=O) groups is 2. The lowest BCUT2D eigenvalue weighted by Gasteiger charge is -2.10. The van der Waals surface area contributed by atoms with Crippen LogP contribution in [0.15, 0.2) is 16.6 Å². The number of aldehydes is 1. The number of alkyl halides is 3. The largest absolute Gasteiger partial charge is 0.416 e. The van der Waals surface area contributed by atoms with Gasteiger partial charge in [0.05, 0.1) is 5.56 Å². The van der Waals surface area contributed by atoms with Gasteiger partial charge >= 0.3 is 6.18 Å². The molecule has 0 amide bonds. The quantitative estimate of drug-likeness (QED) is 0.618. The molecule has 0 aliphatic heterocycles. The molecular formula is C10H6BrF3O2. The van der Waals surface area contributed by atoms with Gasteiger partial charge in [0.25, 0.3) is 0 Å². The number of hydrogen-bond donors (Lipinski definition) is 0. The van der Waals surface area contributed by atoms with E-state index in [0.717, 1.165) is 6.07 Å². The molecule has 0 radical (unpaired) electrons. The summed E-state index contributed by atoms with van der Waals surface area (Å²) in [5.74, 6) is -0.470. The minimum atomic E-state index is -4.55. The fourth-order valence-corrected chi connectivity index (χ4v) is 2.01. The zero-order valence-corrected chi connectivity index (χ0v) is 9.65. The van der Waals surface area contributed by atoms with Crippen molar-refractivity contribution < 1.29 is 22.8 Å². The van der Waals surface area contributed by atoms with Gasteiger partial charge in [-0.15, -0.1) is 0 Å². The number of ketones is 1. The first kappa shape index (κ1) is 12.9. The molecule has 0 aliphatic rings. The summed E-state index contributed by atoms with van der Waals surface area (Å²) in [5, 5.41) is 0. The topological polar surface area (TPSA) is 34.1 Å². The van der Waals surface area contributed by atoms with E-state index in [4.69, 9.17) is 0 Å². The summed E-state index contributed by atoms with van der Waals surface area (Å²) < 4.78 is 37.2. The number of carbonyl (C=O) groups excluding carboxylic acids is 2. The van der Waals surface area contributed by atoms with Crippen LogP contribution in [0.5, 0.6) is 0 Å². The van der Waals surface area contributed by atoms with Crippen LogP contribution < -0.4 is 0 Å². The van der Waals surface area contributed by atoms with Gasteiger partial charge in [0.15, 0.2) is 12.1 Å². The van der Waals surface area contributed by atoms with Crippen molar-refractivity contribution in [2.45, 2.75) is 13.1 Å². The SMILES string of the molecule is CC(=O)c1c(Br)cc(C(F)(F)F)cc1C=O. The Hall–Kier alpha value is -1.17. The Bertz CT molecular complexity index is 452. The first-order valence-electron chi connectivity index (χ1n) is 4.14. The monoisotopic (exact) mass is 294 g/mol. The summed E-state index contributed by atoms with van der Waals surface area (Å²) in [7, 11) is 0. The highest BCUT2D eigenvalue weighted by Gasteiger charge is 2.32. The van der Waals surface area contributed by atoms with Gasteiger partial charge in [-0.3, -0.25) is 9.59 Å². The van der Waals surface area contributed by atoms with Crippen LogP contribution in [0, 0.1) is 0 Å². The molecule has 0 aliphatic carbocycles. The van der Waals surface area contributed by atoms with Crippen LogP contribution in [0.2, 0.25) is 0 Å². The van der Waals surface area contributed by atoms with Crippen LogP contribution in [0.3, 0.4) is 0 Å². The Labute approximate surface area is 97.6 Å². The molecule has 0 bridgehead atoms. The second-order valence-corrected chi connectivity index (χ2v) is 3.95. The van der Waals surface area contributed by atoms with Crippen molar-refractivity contribution in [1.29, 1.82) is 0 Å². The second kappa shape index (κ2) is 4.37. The lowest BCUT2D eigenvalue weighted by atomic mass is 10.0. The summed E-state index contributed by atoms with van der Waals surface area (Å²) in [5.41, 5.74) is -1.27. The van der Waals surface area contributed by atoms with Crippen molar-refractivity contribution in [3.8, 4) is 0 Å². The lowest BCUT2D eigenvalue weighted by molar-refractivity contribution is -0.137. The Balaban J connectivity index is 3.50. The van der Waals surface area contributed by atoms with E-state index in [-0.39, 0.29) is 21.9 Å². The standard InChI is InChI=1S/C10H6BrF3O2/c1-5(16)9-6(4-15)2-7(3-8(9)11)10(12,13)14/h2-4H,1H3. The Morgan fingerprint density at radius 1 is 1.38 bits per heavy atom. The summed E-state index contributed by atoms with van der Waals surface area (Å²) in [6.07, 6.45) is -4.31. The molecule has 0 saturated carbocycles. The molecule has 2 nitrogen and oxygen atoms in total. The average molecular weight is 295 g/mol. The molecule has 1 aromatic rings. The average Bonchev–Trinajstić information content (AvgIpc) is 2.14. The predicted octanol–water partition coefficient (Wildman–Crippen LogP) is 3.48. The molecule has 16 heavy (non-hydrogen) atoms. The highest BCUT2D eigenvalue weighted by Crippen LogP contribution is 2.33. The highest BCUT2D eigenvalue weighted by atomic mass is 79.9. The second-order valence-electron chi connectivity index (χ2n) is 3.09. The molecule has 0 unspecified atom stereocenters. The summed E-state index contributed by atoms with van der Waals surface area (Å²) in [4.78, 5) is 21.8.